The van der Waals surface area contributed by atoms with E-state index < -0.39 is 25.1 Å². The zero-order valence-corrected chi connectivity index (χ0v) is 8.25. The van der Waals surface area contributed by atoms with E-state index in [4.69, 9.17) is 9.11 Å². The minimum Gasteiger partial charge on any atom is -0.283 e. The van der Waals surface area contributed by atoms with Crippen LogP contribution in [0.3, 0.4) is 0 Å². The van der Waals surface area contributed by atoms with Gasteiger partial charge in [-0.15, -0.1) is 0 Å². The molecule has 76 valence electrons. The van der Waals surface area contributed by atoms with Gasteiger partial charge in [0.2, 0.25) is 4.71 Å². The molecule has 13 heavy (non-hydrogen) atoms. The summed E-state index contributed by atoms with van der Waals surface area (Å²) < 4.78 is 57.1. The predicted molar refractivity (Wildman–Crippen MR) is 44.8 cm³/mol. The minimum absolute atomic E-state index is 0.160. The predicted octanol–water partition coefficient (Wildman–Crippen LogP) is -1.05. The lowest BCUT2D eigenvalue weighted by Gasteiger charge is -2.08. The fraction of sp³-hybridized carbons (Fsp3) is 0.500. The van der Waals surface area contributed by atoms with Gasteiger partial charge in [-0.3, -0.25) is 9.11 Å². The fourth-order valence-corrected chi connectivity index (χ4v) is 2.83. The Kier molecular flexibility index (Phi) is 2.55. The zero-order chi connectivity index (χ0) is 10.3. The average Bonchev–Trinajstić information content (AvgIpc) is 2.28. The third-order valence-corrected chi connectivity index (χ3v) is 4.55. The van der Waals surface area contributed by atoms with E-state index in [2.05, 4.69) is 4.99 Å². The van der Waals surface area contributed by atoms with Crippen LogP contribution in [0.25, 0.3) is 0 Å². The zero-order valence-electron chi connectivity index (χ0n) is 5.80. The first kappa shape index (κ1) is 10.7. The third-order valence-electron chi connectivity index (χ3n) is 0.959. The van der Waals surface area contributed by atoms with Gasteiger partial charge in [0.15, 0.2) is 0 Å². The normalized spacial score (nSPS) is 23.8. The Hall–Kier alpha value is -0.360. The van der Waals surface area contributed by atoms with Crippen molar-refractivity contribution in [3.63, 3.8) is 0 Å². The summed E-state index contributed by atoms with van der Waals surface area (Å²) in [6.07, 6.45) is 0.596. The Morgan fingerprint density at radius 2 is 1.85 bits per heavy atom. The fourth-order valence-electron chi connectivity index (χ4n) is 0.497. The van der Waals surface area contributed by atoms with E-state index in [1.807, 2.05) is 0 Å². The molecular weight excluding hydrogens is 244 g/mol. The van der Waals surface area contributed by atoms with Gasteiger partial charge in [-0.1, -0.05) is 0 Å². The summed E-state index contributed by atoms with van der Waals surface area (Å²) in [4.78, 5) is 3.14. The van der Waals surface area contributed by atoms with Crippen molar-refractivity contribution < 1.29 is 25.9 Å². The molecule has 0 aromatic carbocycles. The number of aliphatic imine (C=N–C) groups is 1. The number of rotatable bonds is 2. The molecule has 0 fully saturated rings. The molecule has 0 bridgehead atoms. The van der Waals surface area contributed by atoms with Crippen LogP contribution in [-0.4, -0.2) is 40.7 Å². The van der Waals surface area contributed by atoms with Crippen molar-refractivity contribution >= 4 is 38.7 Å². The quantitative estimate of drug-likeness (QED) is 0.472. The largest absolute Gasteiger partial charge is 0.370 e. The van der Waals surface area contributed by atoms with E-state index >= 15 is 0 Å². The molecule has 1 unspecified atom stereocenters. The highest BCUT2D eigenvalue weighted by Gasteiger charge is 2.34. The maximum atomic E-state index is 10.4. The number of hydrogen-bond donors (Lipinski definition) is 2. The van der Waals surface area contributed by atoms with Gasteiger partial charge in [0, 0.05) is 11.9 Å². The van der Waals surface area contributed by atoms with Crippen LogP contribution < -0.4 is 0 Å². The van der Waals surface area contributed by atoms with E-state index in [1.165, 1.54) is 0 Å². The molecule has 0 saturated carbocycles. The summed E-state index contributed by atoms with van der Waals surface area (Å²) in [5.41, 5.74) is 0. The van der Waals surface area contributed by atoms with Crippen LogP contribution in [0.1, 0.15) is 0 Å². The summed E-state index contributed by atoms with van der Waals surface area (Å²) in [5.74, 6) is 0. The topological polar surface area (TPSA) is 124 Å². The van der Waals surface area contributed by atoms with Gasteiger partial charge < -0.3 is 0 Å². The summed E-state index contributed by atoms with van der Waals surface area (Å²) in [6, 6.07) is 0. The molecule has 1 rings (SSSR count). The first-order valence-corrected chi connectivity index (χ1v) is 6.38. The van der Waals surface area contributed by atoms with Crippen molar-refractivity contribution in [3.05, 3.63) is 0 Å². The van der Waals surface area contributed by atoms with Crippen LogP contribution in [0.4, 0.5) is 0 Å². The lowest BCUT2D eigenvalue weighted by Crippen LogP contribution is -2.21. The second kappa shape index (κ2) is 3.09. The standard InChI is InChI=1S/C2H4N2O6S3/c5-12(6,7)2-3-1-4(11-2)13(8,9)10/h1-2H,(H,5,6,7)(H,8,9,10). The summed E-state index contributed by atoms with van der Waals surface area (Å²) in [6.45, 7) is 0. The van der Waals surface area contributed by atoms with Crippen LogP contribution in [0, 0.1) is 0 Å². The van der Waals surface area contributed by atoms with Crippen molar-refractivity contribution in [1.82, 2.24) is 3.71 Å². The molecule has 8 nitrogen and oxygen atoms in total. The van der Waals surface area contributed by atoms with E-state index in [9.17, 15) is 16.8 Å². The number of hydrogen-bond acceptors (Lipinski definition) is 6. The Bertz CT molecular complexity index is 381. The van der Waals surface area contributed by atoms with Gasteiger partial charge >= 0.3 is 10.3 Å². The van der Waals surface area contributed by atoms with Crippen LogP contribution in [0.5, 0.6) is 0 Å². The Labute approximate surface area is 78.4 Å². The maximum absolute atomic E-state index is 10.4. The van der Waals surface area contributed by atoms with Crippen LogP contribution in [-0.2, 0) is 20.4 Å². The van der Waals surface area contributed by atoms with Crippen LogP contribution >= 0.6 is 11.9 Å². The van der Waals surface area contributed by atoms with E-state index in [0.717, 1.165) is 0 Å². The molecule has 0 spiro atoms. The smallest absolute Gasteiger partial charge is 0.283 e. The molecule has 0 aliphatic carbocycles. The molecule has 11 heteroatoms. The lowest BCUT2D eigenvalue weighted by molar-refractivity contribution is 0.463. The molecule has 1 atom stereocenters. The third kappa shape index (κ3) is 2.54. The second-order valence-corrected chi connectivity index (χ2v) is 6.27. The lowest BCUT2D eigenvalue weighted by atomic mass is 11.3. The van der Waals surface area contributed by atoms with Crippen molar-refractivity contribution in [2.24, 2.45) is 4.99 Å². The molecule has 0 aromatic heterocycles. The summed E-state index contributed by atoms with van der Waals surface area (Å²) in [7, 11) is -8.97. The van der Waals surface area contributed by atoms with Crippen molar-refractivity contribution in [1.29, 1.82) is 0 Å². The number of nitrogens with zero attached hydrogens (tertiary/aromatic N) is 2. The molecular formula is C2H4N2O6S3. The highest BCUT2D eigenvalue weighted by molar-refractivity contribution is 8.15. The molecule has 2 N–H and O–H groups in total. The monoisotopic (exact) mass is 248 g/mol. The van der Waals surface area contributed by atoms with Crippen molar-refractivity contribution in [2.75, 3.05) is 0 Å². The van der Waals surface area contributed by atoms with Crippen LogP contribution in [0.2, 0.25) is 0 Å². The SMILES string of the molecule is O=S(=O)(O)C1N=CN(S(=O)(=O)O)S1. The van der Waals surface area contributed by atoms with Gasteiger partial charge in [-0.05, 0) is 0 Å². The Balaban J connectivity index is 2.86. The molecule has 1 aliphatic rings. The van der Waals surface area contributed by atoms with Gasteiger partial charge in [0.05, 0.1) is 0 Å². The van der Waals surface area contributed by atoms with Gasteiger partial charge in [-0.25, -0.2) is 4.99 Å². The van der Waals surface area contributed by atoms with Gasteiger partial charge in [-0.2, -0.15) is 20.5 Å². The van der Waals surface area contributed by atoms with E-state index in [1.54, 1.807) is 0 Å². The molecule has 0 radical (unpaired) electrons. The Morgan fingerprint density at radius 3 is 2.08 bits per heavy atom. The first-order valence-electron chi connectivity index (χ1n) is 2.64. The molecule has 0 aromatic rings. The highest BCUT2D eigenvalue weighted by Crippen LogP contribution is 2.28. The van der Waals surface area contributed by atoms with Crippen molar-refractivity contribution in [3.8, 4) is 0 Å². The van der Waals surface area contributed by atoms with Crippen molar-refractivity contribution in [2.45, 2.75) is 4.71 Å². The van der Waals surface area contributed by atoms with E-state index in [0.29, 0.717) is 6.34 Å². The highest BCUT2D eigenvalue weighted by atomic mass is 32.3. The first-order chi connectivity index (χ1) is 5.71. The molecule has 0 saturated heterocycles. The molecule has 1 heterocycles. The maximum Gasteiger partial charge on any atom is 0.370 e. The molecule has 1 aliphatic heterocycles. The van der Waals surface area contributed by atoms with Crippen LogP contribution in [0.15, 0.2) is 4.99 Å². The molecule has 0 amide bonds. The summed E-state index contributed by atoms with van der Waals surface area (Å²) in [5, 5.41) is 0. The van der Waals surface area contributed by atoms with Gasteiger partial charge in [0.25, 0.3) is 10.1 Å². The second-order valence-electron chi connectivity index (χ2n) is 1.93. The Morgan fingerprint density at radius 1 is 1.31 bits per heavy atom. The average molecular weight is 248 g/mol. The summed E-state index contributed by atoms with van der Waals surface area (Å²) >= 11 is 0.160. The van der Waals surface area contributed by atoms with Gasteiger partial charge in [0.1, 0.15) is 6.34 Å². The minimum atomic E-state index is -4.52. The van der Waals surface area contributed by atoms with E-state index in [-0.39, 0.29) is 15.7 Å².